The lowest BCUT2D eigenvalue weighted by molar-refractivity contribution is 0.0185. The number of alkyl halides is 2. The number of hydrogen-bond donors (Lipinski definition) is 1. The van der Waals surface area contributed by atoms with Gasteiger partial charge in [-0.1, -0.05) is 15.9 Å². The number of anilines is 1. The van der Waals surface area contributed by atoms with E-state index < -0.39 is 12.4 Å². The first kappa shape index (κ1) is 6.83. The van der Waals surface area contributed by atoms with Crippen LogP contribution in [0.15, 0.2) is 22.7 Å². The Morgan fingerprint density at radius 2 is 2.33 bits per heavy atom. The van der Waals surface area contributed by atoms with Crippen molar-refractivity contribution in [3.05, 3.63) is 28.2 Å². The third kappa shape index (κ3) is 1.10. The van der Waals surface area contributed by atoms with E-state index in [1.54, 1.807) is 12.1 Å². The molecule has 1 atom stereocenters. The van der Waals surface area contributed by atoms with Gasteiger partial charge >= 0.3 is 0 Å². The van der Waals surface area contributed by atoms with Crippen molar-refractivity contribution in [2.24, 2.45) is 0 Å². The second-order valence-electron chi connectivity index (χ2n) is 2.60. The first-order valence-electron chi connectivity index (χ1n) is 3.96. The van der Waals surface area contributed by atoms with E-state index >= 15 is 0 Å². The molecule has 0 spiro atoms. The molecule has 0 saturated carbocycles. The highest BCUT2D eigenvalue weighted by molar-refractivity contribution is 9.10. The van der Waals surface area contributed by atoms with Gasteiger partial charge in [0.15, 0.2) is 0 Å². The molecule has 2 rings (SSSR count). The summed E-state index contributed by atoms with van der Waals surface area (Å²) in [4.78, 5) is 0. The van der Waals surface area contributed by atoms with Gasteiger partial charge in [-0.05, 0) is 18.2 Å². The van der Waals surface area contributed by atoms with Crippen LogP contribution >= 0.6 is 15.9 Å². The number of rotatable bonds is 0. The van der Waals surface area contributed by atoms with Gasteiger partial charge in [-0.25, -0.2) is 0 Å². The number of fused-ring (bicyclic) bond motifs is 1. The Bertz CT molecular complexity index is 356. The van der Waals surface area contributed by atoms with Gasteiger partial charge in [0.25, 0.3) is 5.92 Å². The Labute approximate surface area is 78.3 Å². The molecular formula is C8H6BrF2N. The molecule has 1 aliphatic heterocycles. The van der Waals surface area contributed by atoms with Crippen LogP contribution in [0.1, 0.15) is 6.93 Å². The highest BCUT2D eigenvalue weighted by Crippen LogP contribution is 2.40. The molecule has 12 heavy (non-hydrogen) atoms. The van der Waals surface area contributed by atoms with Crippen LogP contribution < -0.4 is 5.32 Å². The number of nitrogens with one attached hydrogen (secondary N) is 1. The second kappa shape index (κ2) is 2.42. The zero-order valence-corrected chi connectivity index (χ0v) is 7.53. The SMILES string of the molecule is [2H]C1Nc2cc(Br)ccc2C1(F)F. The highest BCUT2D eigenvalue weighted by atomic mass is 79.9. The van der Waals surface area contributed by atoms with E-state index in [0.717, 1.165) is 4.47 Å². The summed E-state index contributed by atoms with van der Waals surface area (Å²) in [7, 11) is 0. The lowest BCUT2D eigenvalue weighted by atomic mass is 10.1. The van der Waals surface area contributed by atoms with Gasteiger partial charge in [0.2, 0.25) is 0 Å². The molecule has 0 fully saturated rings. The Morgan fingerprint density at radius 1 is 1.58 bits per heavy atom. The van der Waals surface area contributed by atoms with Crippen LogP contribution in [0.3, 0.4) is 0 Å². The van der Waals surface area contributed by atoms with Gasteiger partial charge < -0.3 is 5.32 Å². The van der Waals surface area contributed by atoms with Crippen LogP contribution in [0.2, 0.25) is 0 Å². The average molecular weight is 235 g/mol. The fourth-order valence-corrected chi connectivity index (χ4v) is 1.53. The van der Waals surface area contributed by atoms with E-state index in [0.29, 0.717) is 5.69 Å². The molecule has 0 saturated heterocycles. The molecule has 0 bridgehead atoms. The number of halogens is 3. The maximum Gasteiger partial charge on any atom is 0.292 e. The standard InChI is InChI=1S/C8H6BrF2N/c9-5-1-2-6-7(3-5)12-4-8(6,10)11/h1-3,12H,4H2/i4D. The molecule has 0 amide bonds. The fraction of sp³-hybridized carbons (Fsp3) is 0.250. The molecule has 1 aliphatic rings. The first-order valence-corrected chi connectivity index (χ1v) is 4.18. The monoisotopic (exact) mass is 234 g/mol. The zero-order chi connectivity index (χ0) is 9.64. The minimum absolute atomic E-state index is 0.101. The largest absolute Gasteiger partial charge is 0.378 e. The van der Waals surface area contributed by atoms with Gasteiger partial charge in [-0.15, -0.1) is 0 Å². The normalized spacial score (nSPS) is 25.9. The van der Waals surface area contributed by atoms with Gasteiger partial charge in [0.1, 0.15) is 0 Å². The van der Waals surface area contributed by atoms with E-state index in [4.69, 9.17) is 1.37 Å². The smallest absolute Gasteiger partial charge is 0.292 e. The molecular weight excluding hydrogens is 228 g/mol. The molecule has 0 radical (unpaired) electrons. The summed E-state index contributed by atoms with van der Waals surface area (Å²) in [5.74, 6) is -3.09. The topological polar surface area (TPSA) is 12.0 Å². The molecule has 64 valence electrons. The van der Waals surface area contributed by atoms with E-state index in [1.165, 1.54) is 6.07 Å². The molecule has 1 nitrogen and oxygen atoms in total. The lowest BCUT2D eigenvalue weighted by Crippen LogP contribution is -2.14. The van der Waals surface area contributed by atoms with Crippen molar-refractivity contribution in [3.8, 4) is 0 Å². The molecule has 1 N–H and O–H groups in total. The van der Waals surface area contributed by atoms with E-state index in [2.05, 4.69) is 21.2 Å². The third-order valence-corrected chi connectivity index (χ3v) is 2.24. The quantitative estimate of drug-likeness (QED) is 0.728. The summed E-state index contributed by atoms with van der Waals surface area (Å²) in [6.07, 6.45) is 0. The molecule has 0 aliphatic carbocycles. The van der Waals surface area contributed by atoms with E-state index in [1.807, 2.05) is 0 Å². The summed E-state index contributed by atoms with van der Waals surface area (Å²) < 4.78 is 34.2. The van der Waals surface area contributed by atoms with Gasteiger partial charge in [0.05, 0.1) is 7.89 Å². The third-order valence-electron chi connectivity index (χ3n) is 1.75. The van der Waals surface area contributed by atoms with Crippen molar-refractivity contribution >= 4 is 21.6 Å². The van der Waals surface area contributed by atoms with Crippen molar-refractivity contribution in [2.75, 3.05) is 11.8 Å². The first-order chi connectivity index (χ1) is 6.01. The summed E-state index contributed by atoms with van der Waals surface area (Å²) in [6.45, 7) is -1.57. The molecule has 1 aromatic carbocycles. The molecule has 0 aromatic heterocycles. The maximum absolute atomic E-state index is 13.2. The minimum atomic E-state index is -3.09. The van der Waals surface area contributed by atoms with Gasteiger partial charge in [-0.3, -0.25) is 0 Å². The minimum Gasteiger partial charge on any atom is -0.378 e. The van der Waals surface area contributed by atoms with Crippen LogP contribution in [-0.2, 0) is 5.92 Å². The van der Waals surface area contributed by atoms with Crippen LogP contribution in [0.4, 0.5) is 14.5 Å². The Hall–Kier alpha value is -0.640. The molecule has 1 aromatic rings. The van der Waals surface area contributed by atoms with Crippen LogP contribution in [-0.4, -0.2) is 6.52 Å². The van der Waals surface area contributed by atoms with E-state index in [9.17, 15) is 8.78 Å². The zero-order valence-electron chi connectivity index (χ0n) is 6.94. The Balaban J connectivity index is 2.55. The molecule has 4 heteroatoms. The molecule has 1 heterocycles. The van der Waals surface area contributed by atoms with Gasteiger partial charge in [-0.2, -0.15) is 8.78 Å². The molecule has 1 unspecified atom stereocenters. The highest BCUT2D eigenvalue weighted by Gasteiger charge is 2.38. The van der Waals surface area contributed by atoms with Crippen molar-refractivity contribution in [1.82, 2.24) is 0 Å². The average Bonchev–Trinajstić information content (AvgIpc) is 2.23. The fourth-order valence-electron chi connectivity index (χ4n) is 1.17. The maximum atomic E-state index is 13.2. The van der Waals surface area contributed by atoms with Crippen molar-refractivity contribution in [1.29, 1.82) is 0 Å². The second-order valence-corrected chi connectivity index (χ2v) is 3.52. The van der Waals surface area contributed by atoms with Crippen LogP contribution in [0, 0.1) is 0 Å². The van der Waals surface area contributed by atoms with Crippen molar-refractivity contribution < 1.29 is 10.2 Å². The van der Waals surface area contributed by atoms with Crippen LogP contribution in [0.5, 0.6) is 0 Å². The van der Waals surface area contributed by atoms with Crippen molar-refractivity contribution in [3.63, 3.8) is 0 Å². The predicted molar refractivity (Wildman–Crippen MR) is 46.5 cm³/mol. The summed E-state index contributed by atoms with van der Waals surface area (Å²) in [6, 6.07) is 4.44. The number of hydrogen-bond acceptors (Lipinski definition) is 1. The van der Waals surface area contributed by atoms with Crippen LogP contribution in [0.25, 0.3) is 0 Å². The van der Waals surface area contributed by atoms with Gasteiger partial charge in [0, 0.05) is 15.7 Å². The summed E-state index contributed by atoms with van der Waals surface area (Å²) >= 11 is 3.18. The lowest BCUT2D eigenvalue weighted by Gasteiger charge is -2.06. The summed E-state index contributed by atoms with van der Waals surface area (Å²) in [5, 5.41) is 2.42. The predicted octanol–water partition coefficient (Wildman–Crippen LogP) is 2.97. The summed E-state index contributed by atoms with van der Waals surface area (Å²) in [5.41, 5.74) is 0.232. The van der Waals surface area contributed by atoms with E-state index in [-0.39, 0.29) is 5.56 Å². The van der Waals surface area contributed by atoms with Crippen molar-refractivity contribution in [2.45, 2.75) is 5.92 Å². The number of benzene rings is 1. The Kier molecular flexibility index (Phi) is 1.38. The Morgan fingerprint density at radius 3 is 3.08 bits per heavy atom.